The smallest absolute Gasteiger partial charge is 0.207 e. The Hall–Kier alpha value is -2.75. The van der Waals surface area contributed by atoms with E-state index in [9.17, 15) is 0 Å². The van der Waals surface area contributed by atoms with Crippen LogP contribution in [0.2, 0.25) is 0 Å². The van der Waals surface area contributed by atoms with Gasteiger partial charge in [-0.3, -0.25) is 4.57 Å². The number of hydrogen-bond donors (Lipinski definition) is 1. The van der Waals surface area contributed by atoms with Crippen molar-refractivity contribution < 1.29 is 4.74 Å². The van der Waals surface area contributed by atoms with E-state index in [1.54, 1.807) is 13.3 Å². The number of methoxy groups -OCH3 is 1. The fraction of sp³-hybridized carbons (Fsp3) is 0.118. The molecular weight excluding hydrogens is 262 g/mol. The zero-order chi connectivity index (χ0) is 14.5. The Morgan fingerprint density at radius 3 is 2.76 bits per heavy atom. The van der Waals surface area contributed by atoms with Gasteiger partial charge in [0, 0.05) is 24.6 Å². The summed E-state index contributed by atoms with van der Waals surface area (Å²) >= 11 is 0. The lowest BCUT2D eigenvalue weighted by molar-refractivity contribution is 0.414. The number of imidazole rings is 1. The number of anilines is 1. The van der Waals surface area contributed by atoms with Gasteiger partial charge in [-0.25, -0.2) is 4.98 Å². The van der Waals surface area contributed by atoms with Crippen LogP contribution < -0.4 is 10.1 Å². The van der Waals surface area contributed by atoms with E-state index in [0.29, 0.717) is 6.54 Å². The van der Waals surface area contributed by atoms with Crippen LogP contribution in [0.3, 0.4) is 0 Å². The van der Waals surface area contributed by atoms with Crippen LogP contribution in [0, 0.1) is 0 Å². The van der Waals surface area contributed by atoms with Crippen molar-refractivity contribution in [1.82, 2.24) is 9.55 Å². The third-order valence-corrected chi connectivity index (χ3v) is 3.26. The summed E-state index contributed by atoms with van der Waals surface area (Å²) in [4.78, 5) is 4.37. The van der Waals surface area contributed by atoms with Gasteiger partial charge >= 0.3 is 0 Å². The molecule has 4 heteroatoms. The second-order valence-electron chi connectivity index (χ2n) is 4.66. The van der Waals surface area contributed by atoms with Gasteiger partial charge in [-0.2, -0.15) is 0 Å². The van der Waals surface area contributed by atoms with Gasteiger partial charge in [0.2, 0.25) is 5.95 Å². The molecule has 0 saturated carbocycles. The molecule has 1 heterocycles. The first-order valence-corrected chi connectivity index (χ1v) is 6.82. The molecule has 3 rings (SSSR count). The number of nitrogens with one attached hydrogen (secondary N) is 1. The summed E-state index contributed by atoms with van der Waals surface area (Å²) in [5.41, 5.74) is 2.24. The molecule has 4 nitrogen and oxygen atoms in total. The predicted octanol–water partition coefficient (Wildman–Crippen LogP) is 3.49. The second-order valence-corrected chi connectivity index (χ2v) is 4.66. The van der Waals surface area contributed by atoms with Crippen LogP contribution in [-0.4, -0.2) is 16.7 Å². The minimum Gasteiger partial charge on any atom is -0.497 e. The molecule has 0 spiro atoms. The molecule has 21 heavy (non-hydrogen) atoms. The average Bonchev–Trinajstić information content (AvgIpc) is 3.02. The first-order valence-electron chi connectivity index (χ1n) is 6.82. The number of para-hydroxylation sites is 1. The van der Waals surface area contributed by atoms with Crippen molar-refractivity contribution in [2.24, 2.45) is 0 Å². The quantitative estimate of drug-likeness (QED) is 0.777. The Balaban J connectivity index is 1.76. The summed E-state index contributed by atoms with van der Waals surface area (Å²) in [7, 11) is 1.68. The Morgan fingerprint density at radius 1 is 1.10 bits per heavy atom. The highest BCUT2D eigenvalue weighted by Gasteiger charge is 2.04. The maximum Gasteiger partial charge on any atom is 0.207 e. The third kappa shape index (κ3) is 3.05. The van der Waals surface area contributed by atoms with Crippen LogP contribution in [0.4, 0.5) is 5.95 Å². The van der Waals surface area contributed by atoms with Crippen LogP contribution in [0.1, 0.15) is 5.56 Å². The van der Waals surface area contributed by atoms with Gasteiger partial charge in [-0.15, -0.1) is 0 Å². The summed E-state index contributed by atoms with van der Waals surface area (Å²) in [6.07, 6.45) is 3.74. The molecule has 0 radical (unpaired) electrons. The summed E-state index contributed by atoms with van der Waals surface area (Å²) in [5, 5.41) is 3.36. The number of hydrogen-bond acceptors (Lipinski definition) is 3. The highest BCUT2D eigenvalue weighted by atomic mass is 16.5. The van der Waals surface area contributed by atoms with Gasteiger partial charge in [-0.1, -0.05) is 30.3 Å². The molecule has 0 aliphatic carbocycles. The molecule has 0 atom stereocenters. The monoisotopic (exact) mass is 279 g/mol. The van der Waals surface area contributed by atoms with Crippen molar-refractivity contribution in [2.45, 2.75) is 6.54 Å². The molecule has 0 amide bonds. The summed E-state index contributed by atoms with van der Waals surface area (Å²) in [6.45, 7) is 0.695. The lowest BCUT2D eigenvalue weighted by Gasteiger charge is -2.10. The van der Waals surface area contributed by atoms with E-state index in [0.717, 1.165) is 22.9 Å². The van der Waals surface area contributed by atoms with Crippen LogP contribution in [0.15, 0.2) is 67.0 Å². The number of ether oxygens (including phenoxy) is 1. The summed E-state index contributed by atoms with van der Waals surface area (Å²) in [5.74, 6) is 1.68. The molecule has 0 unspecified atom stereocenters. The maximum absolute atomic E-state index is 5.24. The minimum atomic E-state index is 0.695. The molecule has 106 valence electrons. The van der Waals surface area contributed by atoms with Crippen molar-refractivity contribution >= 4 is 5.95 Å². The first-order chi connectivity index (χ1) is 10.4. The molecular formula is C17H17N3O. The Bertz CT molecular complexity index is 707. The van der Waals surface area contributed by atoms with E-state index in [2.05, 4.69) is 28.5 Å². The molecule has 1 N–H and O–H groups in total. The predicted molar refractivity (Wildman–Crippen MR) is 83.9 cm³/mol. The van der Waals surface area contributed by atoms with Crippen LogP contribution in [0.5, 0.6) is 5.75 Å². The fourth-order valence-electron chi connectivity index (χ4n) is 2.19. The van der Waals surface area contributed by atoms with Gasteiger partial charge < -0.3 is 10.1 Å². The van der Waals surface area contributed by atoms with Crippen LogP contribution >= 0.6 is 0 Å². The zero-order valence-corrected chi connectivity index (χ0v) is 11.9. The van der Waals surface area contributed by atoms with E-state index >= 15 is 0 Å². The van der Waals surface area contributed by atoms with E-state index < -0.39 is 0 Å². The number of benzene rings is 2. The zero-order valence-electron chi connectivity index (χ0n) is 11.9. The van der Waals surface area contributed by atoms with Crippen LogP contribution in [0.25, 0.3) is 5.69 Å². The lowest BCUT2D eigenvalue weighted by atomic mass is 10.2. The molecule has 0 aliphatic heterocycles. The SMILES string of the molecule is COc1cccc(CNc2nccn2-c2ccccc2)c1. The number of nitrogens with zero attached hydrogens (tertiary/aromatic N) is 2. The van der Waals surface area contributed by atoms with E-state index in [4.69, 9.17) is 4.74 Å². The fourth-order valence-corrected chi connectivity index (χ4v) is 2.19. The van der Waals surface area contributed by atoms with Crippen molar-refractivity contribution in [1.29, 1.82) is 0 Å². The van der Waals surface area contributed by atoms with Gasteiger partial charge in [0.15, 0.2) is 0 Å². The first kappa shape index (κ1) is 13.2. The van der Waals surface area contributed by atoms with Crippen molar-refractivity contribution in [3.8, 4) is 11.4 Å². The van der Waals surface area contributed by atoms with Gasteiger partial charge in [0.25, 0.3) is 0 Å². The second kappa shape index (κ2) is 6.13. The molecule has 3 aromatic rings. The third-order valence-electron chi connectivity index (χ3n) is 3.26. The Morgan fingerprint density at radius 2 is 1.95 bits per heavy atom. The van der Waals surface area contributed by atoms with E-state index in [1.807, 2.05) is 47.2 Å². The minimum absolute atomic E-state index is 0.695. The van der Waals surface area contributed by atoms with E-state index in [-0.39, 0.29) is 0 Å². The molecule has 2 aromatic carbocycles. The number of aromatic nitrogens is 2. The number of rotatable bonds is 5. The molecule has 0 bridgehead atoms. The summed E-state index contributed by atoms with van der Waals surface area (Å²) in [6, 6.07) is 18.1. The topological polar surface area (TPSA) is 39.1 Å². The van der Waals surface area contributed by atoms with Gasteiger partial charge in [0.1, 0.15) is 5.75 Å². The van der Waals surface area contributed by atoms with Crippen molar-refractivity contribution in [3.05, 3.63) is 72.6 Å². The standard InChI is InChI=1S/C17H17N3O/c1-21-16-9-5-6-14(12-16)13-19-17-18-10-11-20(17)15-7-3-2-4-8-15/h2-12H,13H2,1H3,(H,18,19). The van der Waals surface area contributed by atoms with Crippen molar-refractivity contribution in [3.63, 3.8) is 0 Å². The van der Waals surface area contributed by atoms with Crippen molar-refractivity contribution in [2.75, 3.05) is 12.4 Å². The van der Waals surface area contributed by atoms with Gasteiger partial charge in [-0.05, 0) is 29.8 Å². The normalized spacial score (nSPS) is 10.3. The van der Waals surface area contributed by atoms with Crippen LogP contribution in [-0.2, 0) is 6.54 Å². The average molecular weight is 279 g/mol. The lowest BCUT2D eigenvalue weighted by Crippen LogP contribution is -2.06. The molecule has 1 aromatic heterocycles. The Labute approximate surface area is 124 Å². The highest BCUT2D eigenvalue weighted by molar-refractivity contribution is 5.42. The van der Waals surface area contributed by atoms with Gasteiger partial charge in [0.05, 0.1) is 7.11 Å². The largest absolute Gasteiger partial charge is 0.497 e. The summed E-state index contributed by atoms with van der Waals surface area (Å²) < 4.78 is 7.26. The Kier molecular flexibility index (Phi) is 3.87. The highest BCUT2D eigenvalue weighted by Crippen LogP contribution is 2.16. The maximum atomic E-state index is 5.24. The molecule has 0 aliphatic rings. The molecule has 0 saturated heterocycles. The van der Waals surface area contributed by atoms with E-state index in [1.165, 1.54) is 0 Å². The molecule has 0 fully saturated rings.